The van der Waals surface area contributed by atoms with Crippen LogP contribution in [0.4, 0.5) is 0 Å². The number of carbonyl (C=O) groups is 1. The van der Waals surface area contributed by atoms with E-state index < -0.39 is 0 Å². The molecule has 4 rings (SSSR count). The minimum Gasteiger partial charge on any atom is -0.488 e. The zero-order valence-electron chi connectivity index (χ0n) is 14.2. The van der Waals surface area contributed by atoms with Crippen LogP contribution in [-0.4, -0.2) is 45.7 Å². The van der Waals surface area contributed by atoms with Gasteiger partial charge in [0, 0.05) is 18.9 Å². The summed E-state index contributed by atoms with van der Waals surface area (Å²) < 4.78 is 8.09. The number of thioether (sulfide) groups is 1. The Kier molecular flexibility index (Phi) is 5.36. The molecule has 1 amide bonds. The molecule has 7 heteroatoms. The number of ether oxygens (including phenoxy) is 1. The van der Waals surface area contributed by atoms with Crippen molar-refractivity contribution in [1.82, 2.24) is 14.9 Å². The first-order chi connectivity index (χ1) is 12.8. The van der Waals surface area contributed by atoms with E-state index in [0.717, 1.165) is 39.7 Å². The van der Waals surface area contributed by atoms with Gasteiger partial charge in [0.2, 0.25) is 5.91 Å². The van der Waals surface area contributed by atoms with Crippen LogP contribution in [0.2, 0.25) is 0 Å². The Hall–Kier alpha value is -2.12. The van der Waals surface area contributed by atoms with Crippen molar-refractivity contribution in [3.8, 4) is 5.75 Å². The lowest BCUT2D eigenvalue weighted by molar-refractivity contribution is -0.130. The van der Waals surface area contributed by atoms with Crippen LogP contribution >= 0.6 is 23.1 Å². The second-order valence-electron chi connectivity index (χ2n) is 6.14. The van der Waals surface area contributed by atoms with Gasteiger partial charge in [-0.15, -0.1) is 11.3 Å². The fourth-order valence-corrected chi connectivity index (χ4v) is 4.97. The van der Waals surface area contributed by atoms with Crippen LogP contribution in [-0.2, 0) is 4.79 Å². The van der Waals surface area contributed by atoms with Gasteiger partial charge in [0.05, 0.1) is 22.5 Å². The van der Waals surface area contributed by atoms with Crippen molar-refractivity contribution in [2.45, 2.75) is 23.3 Å². The summed E-state index contributed by atoms with van der Waals surface area (Å²) in [5.41, 5.74) is 0.997. The number of rotatable bonds is 5. The van der Waals surface area contributed by atoms with Gasteiger partial charge >= 0.3 is 0 Å². The van der Waals surface area contributed by atoms with Crippen LogP contribution in [0.1, 0.15) is 12.8 Å². The molecular formula is C19H19N3O2S2. The summed E-state index contributed by atoms with van der Waals surface area (Å²) in [5, 5.41) is 0. The molecule has 1 fully saturated rings. The minimum absolute atomic E-state index is 0.0440. The molecule has 1 aromatic carbocycles. The predicted octanol–water partition coefficient (Wildman–Crippen LogP) is 3.85. The summed E-state index contributed by atoms with van der Waals surface area (Å²) in [6.45, 7) is 1.44. The van der Waals surface area contributed by atoms with Crippen molar-refractivity contribution in [1.29, 1.82) is 0 Å². The first-order valence-corrected chi connectivity index (χ1v) is 10.4. The second-order valence-corrected chi connectivity index (χ2v) is 8.39. The van der Waals surface area contributed by atoms with Crippen LogP contribution in [0.15, 0.2) is 53.1 Å². The van der Waals surface area contributed by atoms with Gasteiger partial charge in [-0.3, -0.25) is 9.78 Å². The van der Waals surface area contributed by atoms with Crippen LogP contribution in [0.5, 0.6) is 5.75 Å². The highest BCUT2D eigenvalue weighted by Gasteiger charge is 2.25. The predicted molar refractivity (Wildman–Crippen MR) is 105 cm³/mol. The van der Waals surface area contributed by atoms with Gasteiger partial charge in [-0.1, -0.05) is 23.9 Å². The molecule has 5 nitrogen and oxygen atoms in total. The van der Waals surface area contributed by atoms with Crippen molar-refractivity contribution in [2.24, 2.45) is 0 Å². The maximum Gasteiger partial charge on any atom is 0.233 e. The van der Waals surface area contributed by atoms with Gasteiger partial charge in [0.1, 0.15) is 11.9 Å². The second kappa shape index (κ2) is 8.05. The number of nitrogens with zero attached hydrogens (tertiary/aromatic N) is 3. The van der Waals surface area contributed by atoms with Gasteiger partial charge in [-0.25, -0.2) is 4.98 Å². The average molecular weight is 386 g/mol. The summed E-state index contributed by atoms with van der Waals surface area (Å²) in [6, 6.07) is 11.8. The molecule has 1 atom stereocenters. The third-order valence-electron chi connectivity index (χ3n) is 4.28. The molecule has 1 saturated heterocycles. The Balaban J connectivity index is 1.32. The van der Waals surface area contributed by atoms with Crippen LogP contribution in [0.25, 0.3) is 10.2 Å². The van der Waals surface area contributed by atoms with Crippen molar-refractivity contribution in [3.63, 3.8) is 0 Å². The first kappa shape index (κ1) is 17.3. The van der Waals surface area contributed by atoms with Crippen LogP contribution in [0.3, 0.4) is 0 Å². The molecule has 1 aliphatic heterocycles. The standard InChI is InChI=1S/C19H19N3O2S2/c23-18(13-25-19-21-16-5-1-2-6-17(16)26-19)22-11-3-4-15(12-22)24-14-7-9-20-10-8-14/h1-2,5-10,15H,3-4,11-13H2. The van der Waals surface area contributed by atoms with E-state index >= 15 is 0 Å². The summed E-state index contributed by atoms with van der Waals surface area (Å²) in [6.07, 6.45) is 5.41. The van der Waals surface area contributed by atoms with Gasteiger partial charge in [-0.05, 0) is 37.1 Å². The zero-order valence-corrected chi connectivity index (χ0v) is 15.8. The Morgan fingerprint density at radius 3 is 2.96 bits per heavy atom. The molecule has 1 aliphatic rings. The van der Waals surface area contributed by atoms with E-state index in [1.165, 1.54) is 11.8 Å². The van der Waals surface area contributed by atoms with Crippen LogP contribution in [0, 0.1) is 0 Å². The number of benzene rings is 1. The number of carbonyl (C=O) groups excluding carboxylic acids is 1. The number of thiazole rings is 1. The SMILES string of the molecule is O=C(CSc1nc2ccccc2s1)N1CCCC(Oc2ccncc2)C1. The number of aromatic nitrogens is 2. The fraction of sp³-hybridized carbons (Fsp3) is 0.316. The van der Waals surface area contributed by atoms with E-state index in [1.54, 1.807) is 23.7 Å². The number of piperidine rings is 1. The van der Waals surface area contributed by atoms with Crippen molar-refractivity contribution in [3.05, 3.63) is 48.8 Å². The number of amides is 1. The number of fused-ring (bicyclic) bond motifs is 1. The fourth-order valence-electron chi connectivity index (χ4n) is 3.00. The van der Waals surface area contributed by atoms with Crippen molar-refractivity contribution < 1.29 is 9.53 Å². The molecule has 0 bridgehead atoms. The first-order valence-electron chi connectivity index (χ1n) is 8.61. The van der Waals surface area contributed by atoms with E-state index in [1.807, 2.05) is 35.2 Å². The highest BCUT2D eigenvalue weighted by Crippen LogP contribution is 2.29. The quantitative estimate of drug-likeness (QED) is 0.625. The molecule has 0 N–H and O–H groups in total. The van der Waals surface area contributed by atoms with E-state index in [-0.39, 0.29) is 12.0 Å². The number of hydrogen-bond acceptors (Lipinski definition) is 6. The van der Waals surface area contributed by atoms with Crippen molar-refractivity contribution >= 4 is 39.2 Å². The maximum atomic E-state index is 12.6. The van der Waals surface area contributed by atoms with E-state index in [2.05, 4.69) is 16.0 Å². The lowest BCUT2D eigenvalue weighted by Crippen LogP contribution is -2.45. The number of pyridine rings is 1. The molecule has 0 spiro atoms. The third kappa shape index (κ3) is 4.16. The summed E-state index contributed by atoms with van der Waals surface area (Å²) in [5.74, 6) is 1.38. The molecule has 134 valence electrons. The molecule has 0 radical (unpaired) electrons. The Bertz CT molecular complexity index is 852. The number of para-hydroxylation sites is 1. The molecule has 26 heavy (non-hydrogen) atoms. The normalized spacial score (nSPS) is 17.4. The number of likely N-dealkylation sites (tertiary alicyclic amines) is 1. The lowest BCUT2D eigenvalue weighted by Gasteiger charge is -2.32. The summed E-state index contributed by atoms with van der Waals surface area (Å²) >= 11 is 3.16. The largest absolute Gasteiger partial charge is 0.488 e. The van der Waals surface area contributed by atoms with E-state index in [9.17, 15) is 4.79 Å². The summed E-state index contributed by atoms with van der Waals surface area (Å²) in [4.78, 5) is 23.1. The molecule has 0 aliphatic carbocycles. The van der Waals surface area contributed by atoms with Gasteiger partial charge in [0.25, 0.3) is 0 Å². The molecule has 3 aromatic rings. The molecule has 1 unspecified atom stereocenters. The Labute approximate surface area is 160 Å². The summed E-state index contributed by atoms with van der Waals surface area (Å²) in [7, 11) is 0. The maximum absolute atomic E-state index is 12.6. The van der Waals surface area contributed by atoms with Crippen LogP contribution < -0.4 is 4.74 Å². The molecule has 3 heterocycles. The average Bonchev–Trinajstić information content (AvgIpc) is 3.10. The number of hydrogen-bond donors (Lipinski definition) is 0. The molecular weight excluding hydrogens is 366 g/mol. The monoisotopic (exact) mass is 385 g/mol. The zero-order chi connectivity index (χ0) is 17.8. The molecule has 0 saturated carbocycles. The topological polar surface area (TPSA) is 55.3 Å². The van der Waals surface area contributed by atoms with Gasteiger partial charge in [0.15, 0.2) is 4.34 Å². The smallest absolute Gasteiger partial charge is 0.233 e. The lowest BCUT2D eigenvalue weighted by atomic mass is 10.1. The minimum atomic E-state index is 0.0440. The third-order valence-corrected chi connectivity index (χ3v) is 6.44. The van der Waals surface area contributed by atoms with E-state index in [0.29, 0.717) is 12.3 Å². The highest BCUT2D eigenvalue weighted by atomic mass is 32.2. The Morgan fingerprint density at radius 2 is 2.12 bits per heavy atom. The molecule has 2 aromatic heterocycles. The highest BCUT2D eigenvalue weighted by molar-refractivity contribution is 8.01. The Morgan fingerprint density at radius 1 is 1.27 bits per heavy atom. The van der Waals surface area contributed by atoms with Gasteiger partial charge in [-0.2, -0.15) is 0 Å². The van der Waals surface area contributed by atoms with Crippen molar-refractivity contribution in [2.75, 3.05) is 18.8 Å². The van der Waals surface area contributed by atoms with E-state index in [4.69, 9.17) is 4.74 Å². The van der Waals surface area contributed by atoms with Gasteiger partial charge < -0.3 is 9.64 Å².